The third kappa shape index (κ3) is 4.46. The van der Waals surface area contributed by atoms with E-state index >= 15 is 0 Å². The molecule has 0 aliphatic heterocycles. The maximum absolute atomic E-state index is 13.5. The minimum atomic E-state index is -1.26. The quantitative estimate of drug-likeness (QED) is 0.417. The molecule has 30 heavy (non-hydrogen) atoms. The van der Waals surface area contributed by atoms with Gasteiger partial charge in [-0.25, -0.2) is 18.6 Å². The zero-order valence-electron chi connectivity index (χ0n) is 15.8. The van der Waals surface area contributed by atoms with Crippen LogP contribution in [0.2, 0.25) is 0 Å². The predicted molar refractivity (Wildman–Crippen MR) is 111 cm³/mol. The second-order valence-electron chi connectivity index (χ2n) is 6.30. The van der Waals surface area contributed by atoms with Crippen molar-refractivity contribution < 1.29 is 8.60 Å². The maximum Gasteiger partial charge on any atom is 0.223 e. The molecule has 0 amide bonds. The molecule has 4 aromatic rings. The van der Waals surface area contributed by atoms with E-state index in [-0.39, 0.29) is 5.82 Å². The Morgan fingerprint density at radius 3 is 2.47 bits per heavy atom. The summed E-state index contributed by atoms with van der Waals surface area (Å²) in [5.41, 5.74) is 2.89. The summed E-state index contributed by atoms with van der Waals surface area (Å²) in [7, 11) is -1.26. The van der Waals surface area contributed by atoms with Gasteiger partial charge in [0.15, 0.2) is 0 Å². The van der Waals surface area contributed by atoms with Crippen molar-refractivity contribution in [3.8, 4) is 11.4 Å². The molecule has 2 aromatic heterocycles. The van der Waals surface area contributed by atoms with E-state index in [4.69, 9.17) is 0 Å². The summed E-state index contributed by atoms with van der Waals surface area (Å²) in [6.07, 6.45) is 4.71. The lowest BCUT2D eigenvalue weighted by Crippen LogP contribution is -2.17. The molecule has 2 heterocycles. The van der Waals surface area contributed by atoms with Gasteiger partial charge in [0.05, 0.1) is 17.3 Å². The Hall–Kier alpha value is -3.73. The van der Waals surface area contributed by atoms with Crippen molar-refractivity contribution in [3.63, 3.8) is 0 Å². The first-order valence-corrected chi connectivity index (χ1v) is 10.4. The first-order chi connectivity index (χ1) is 14.6. The number of hydrogen-bond acceptors (Lipinski definition) is 7. The minimum absolute atomic E-state index is 0.334. The highest BCUT2D eigenvalue weighted by Gasteiger charge is 2.19. The Bertz CT molecular complexity index is 1140. The van der Waals surface area contributed by atoms with E-state index in [9.17, 15) is 8.60 Å². The lowest BCUT2D eigenvalue weighted by Gasteiger charge is -2.22. The van der Waals surface area contributed by atoms with Crippen LogP contribution < -0.4 is 10.0 Å². The maximum atomic E-state index is 13.5. The van der Waals surface area contributed by atoms with Gasteiger partial charge < -0.3 is 10.0 Å². The number of hydrogen-bond donors (Lipinski definition) is 3. The largest absolute Gasteiger partial charge is 0.343 e. The second kappa shape index (κ2) is 8.74. The molecule has 0 aliphatic rings. The van der Waals surface area contributed by atoms with Gasteiger partial charge in [0, 0.05) is 24.2 Å². The zero-order chi connectivity index (χ0) is 20.9. The van der Waals surface area contributed by atoms with Crippen molar-refractivity contribution >= 4 is 22.6 Å². The van der Waals surface area contributed by atoms with E-state index in [0.717, 1.165) is 11.1 Å². The van der Waals surface area contributed by atoms with Crippen molar-refractivity contribution in [1.29, 1.82) is 0 Å². The van der Waals surface area contributed by atoms with Crippen molar-refractivity contribution in [2.24, 2.45) is 0 Å². The summed E-state index contributed by atoms with van der Waals surface area (Å²) in [4.78, 5) is 8.67. The Kier molecular flexibility index (Phi) is 5.70. The number of anilines is 2. The van der Waals surface area contributed by atoms with Gasteiger partial charge in [-0.1, -0.05) is 30.3 Å². The van der Waals surface area contributed by atoms with E-state index in [2.05, 4.69) is 40.6 Å². The molecule has 0 bridgehead atoms. The number of aromatic nitrogens is 6. The van der Waals surface area contributed by atoms with Crippen molar-refractivity contribution in [1.82, 2.24) is 30.6 Å². The van der Waals surface area contributed by atoms with E-state index in [0.29, 0.717) is 23.0 Å². The molecule has 0 aliphatic carbocycles. The molecule has 0 radical (unpaired) electrons. The van der Waals surface area contributed by atoms with Gasteiger partial charge in [-0.15, -0.1) is 10.2 Å². The molecule has 4 rings (SSSR count). The summed E-state index contributed by atoms with van der Waals surface area (Å²) in [6.45, 7) is 0. The Morgan fingerprint density at radius 1 is 1.07 bits per heavy atom. The summed E-state index contributed by atoms with van der Waals surface area (Å²) in [5.74, 6) is 0.403. The minimum Gasteiger partial charge on any atom is -0.343 e. The van der Waals surface area contributed by atoms with Crippen molar-refractivity contribution in [2.45, 2.75) is 6.04 Å². The fourth-order valence-electron chi connectivity index (χ4n) is 2.92. The van der Waals surface area contributed by atoms with Crippen LogP contribution in [0.5, 0.6) is 0 Å². The molecule has 0 spiro atoms. The molecule has 2 unspecified atom stereocenters. The molecule has 0 saturated carbocycles. The van der Waals surface area contributed by atoms with Crippen LogP contribution in [0.15, 0.2) is 60.9 Å². The van der Waals surface area contributed by atoms with Gasteiger partial charge >= 0.3 is 0 Å². The SMILES string of the molecule is CS(=O)Nc1ccccc1C(Nc1ncc(-c2nn[nH]n2)cn1)c1ccc(F)cc1. The van der Waals surface area contributed by atoms with E-state index in [1.165, 1.54) is 12.1 Å². The van der Waals surface area contributed by atoms with E-state index < -0.39 is 17.0 Å². The first kappa shape index (κ1) is 19.6. The van der Waals surface area contributed by atoms with Gasteiger partial charge in [0.2, 0.25) is 11.8 Å². The molecular weight excluding hydrogens is 407 g/mol. The van der Waals surface area contributed by atoms with Crippen LogP contribution >= 0.6 is 0 Å². The van der Waals surface area contributed by atoms with Crippen LogP contribution in [0.25, 0.3) is 11.4 Å². The fourth-order valence-corrected chi connectivity index (χ4v) is 3.42. The number of tetrazole rings is 1. The van der Waals surface area contributed by atoms with Gasteiger partial charge in [0.1, 0.15) is 16.8 Å². The number of halogens is 1. The normalized spacial score (nSPS) is 12.9. The number of rotatable bonds is 7. The number of nitrogens with zero attached hydrogens (tertiary/aromatic N) is 5. The lowest BCUT2D eigenvalue weighted by atomic mass is 9.97. The Balaban J connectivity index is 1.70. The second-order valence-corrected chi connectivity index (χ2v) is 7.42. The van der Waals surface area contributed by atoms with Gasteiger partial charge in [0.25, 0.3) is 0 Å². The van der Waals surface area contributed by atoms with E-state index in [1.54, 1.807) is 30.8 Å². The lowest BCUT2D eigenvalue weighted by molar-refractivity contribution is 0.626. The molecule has 2 aromatic carbocycles. The average molecular weight is 424 g/mol. The fraction of sp³-hybridized carbons (Fsp3) is 0.105. The Morgan fingerprint density at radius 2 is 1.80 bits per heavy atom. The average Bonchev–Trinajstić information content (AvgIpc) is 3.28. The van der Waals surface area contributed by atoms with Crippen LogP contribution in [0.3, 0.4) is 0 Å². The molecule has 0 saturated heterocycles. The van der Waals surface area contributed by atoms with Crippen LogP contribution in [-0.4, -0.2) is 41.1 Å². The predicted octanol–water partition coefficient (Wildman–Crippen LogP) is 2.70. The summed E-state index contributed by atoms with van der Waals surface area (Å²) >= 11 is 0. The number of H-pyrrole nitrogens is 1. The highest BCUT2D eigenvalue weighted by molar-refractivity contribution is 7.85. The molecule has 9 nitrogen and oxygen atoms in total. The van der Waals surface area contributed by atoms with Gasteiger partial charge in [-0.2, -0.15) is 5.21 Å². The molecular formula is C19H17FN8OS. The number of aromatic amines is 1. The van der Waals surface area contributed by atoms with Crippen molar-refractivity contribution in [3.05, 3.63) is 77.9 Å². The topological polar surface area (TPSA) is 121 Å². The van der Waals surface area contributed by atoms with Crippen molar-refractivity contribution in [2.75, 3.05) is 16.3 Å². The third-order valence-corrected chi connectivity index (χ3v) is 4.77. The molecule has 11 heteroatoms. The highest BCUT2D eigenvalue weighted by atomic mass is 32.2. The summed E-state index contributed by atoms with van der Waals surface area (Å²) < 4.78 is 28.2. The van der Waals surface area contributed by atoms with Gasteiger partial charge in [-0.05, 0) is 29.0 Å². The van der Waals surface area contributed by atoms with Gasteiger partial charge in [-0.3, -0.25) is 0 Å². The standard InChI is InChI=1S/C19H17FN8OS/c1-30(29)26-16-5-3-2-4-15(16)17(12-6-8-14(20)9-7-12)23-19-21-10-13(11-22-19)18-24-27-28-25-18/h2-11,17,26H,1H3,(H,21,22,23)(H,24,25,27,28). The smallest absolute Gasteiger partial charge is 0.223 e. The number of benzene rings is 2. The summed E-state index contributed by atoms with van der Waals surface area (Å²) in [6, 6.07) is 13.2. The van der Waals surface area contributed by atoms with E-state index in [1.807, 2.05) is 24.3 Å². The van der Waals surface area contributed by atoms with Crippen LogP contribution in [0, 0.1) is 5.82 Å². The number of para-hydroxylation sites is 1. The number of nitrogens with one attached hydrogen (secondary N) is 3. The third-order valence-electron chi connectivity index (χ3n) is 4.26. The van der Waals surface area contributed by atoms with Crippen LogP contribution in [0.4, 0.5) is 16.0 Å². The van der Waals surface area contributed by atoms with Crippen LogP contribution in [0.1, 0.15) is 17.2 Å². The molecule has 3 N–H and O–H groups in total. The zero-order valence-corrected chi connectivity index (χ0v) is 16.6. The molecule has 152 valence electrons. The van der Waals surface area contributed by atoms with Crippen LogP contribution in [-0.2, 0) is 11.0 Å². The molecule has 0 fully saturated rings. The monoisotopic (exact) mass is 424 g/mol. The molecule has 2 atom stereocenters. The first-order valence-electron chi connectivity index (χ1n) is 8.87. The Labute approximate surface area is 173 Å². The summed E-state index contributed by atoms with van der Waals surface area (Å²) in [5, 5.41) is 17.0. The highest BCUT2D eigenvalue weighted by Crippen LogP contribution is 2.31.